The lowest BCUT2D eigenvalue weighted by Crippen LogP contribution is -2.50. The van der Waals surface area contributed by atoms with Gasteiger partial charge in [-0.15, -0.1) is 0 Å². The molecule has 0 aliphatic carbocycles. The molecule has 18 heavy (non-hydrogen) atoms. The standard InChI is InChI=1S/C11H20N2O4S/c1-3-12(8-9(2)10(14)15)11(16)13-4-6-18(17)7-5-13/h9H,3-8H2,1-2H3,(H,14,15). The fourth-order valence-electron chi connectivity index (χ4n) is 1.78. The summed E-state index contributed by atoms with van der Waals surface area (Å²) in [4.78, 5) is 26.1. The molecule has 1 heterocycles. The molecule has 1 atom stereocenters. The molecule has 2 amide bonds. The van der Waals surface area contributed by atoms with Gasteiger partial charge >= 0.3 is 12.0 Å². The minimum Gasteiger partial charge on any atom is -0.481 e. The maximum Gasteiger partial charge on any atom is 0.320 e. The number of hydrogen-bond acceptors (Lipinski definition) is 3. The molecule has 1 fully saturated rings. The van der Waals surface area contributed by atoms with Crippen LogP contribution in [0, 0.1) is 5.92 Å². The van der Waals surface area contributed by atoms with Crippen molar-refractivity contribution in [1.29, 1.82) is 0 Å². The van der Waals surface area contributed by atoms with Gasteiger partial charge in [0.25, 0.3) is 0 Å². The highest BCUT2D eigenvalue weighted by Gasteiger charge is 2.26. The van der Waals surface area contributed by atoms with Gasteiger partial charge in [-0.2, -0.15) is 0 Å². The van der Waals surface area contributed by atoms with Crippen LogP contribution in [-0.4, -0.2) is 68.8 Å². The topological polar surface area (TPSA) is 77.9 Å². The fraction of sp³-hybridized carbons (Fsp3) is 0.818. The molecule has 7 heteroatoms. The SMILES string of the molecule is CCN(CC(C)C(=O)O)C(=O)N1CCS(=O)CC1. The average molecular weight is 276 g/mol. The Balaban J connectivity index is 2.56. The Labute approximate surface area is 109 Å². The van der Waals surface area contributed by atoms with Gasteiger partial charge in [-0.3, -0.25) is 9.00 Å². The molecule has 1 N–H and O–H groups in total. The monoisotopic (exact) mass is 276 g/mol. The number of carbonyl (C=O) groups excluding carboxylic acids is 1. The lowest BCUT2D eigenvalue weighted by molar-refractivity contribution is -0.141. The highest BCUT2D eigenvalue weighted by molar-refractivity contribution is 7.85. The number of nitrogens with zero attached hydrogens (tertiary/aromatic N) is 2. The minimum atomic E-state index is -0.902. The van der Waals surface area contributed by atoms with Crippen molar-refractivity contribution in [2.75, 3.05) is 37.7 Å². The van der Waals surface area contributed by atoms with Crippen molar-refractivity contribution in [2.45, 2.75) is 13.8 Å². The summed E-state index contributed by atoms with van der Waals surface area (Å²) in [6.45, 7) is 5.09. The van der Waals surface area contributed by atoms with Crippen molar-refractivity contribution in [1.82, 2.24) is 9.80 Å². The molecule has 0 aromatic rings. The molecule has 1 rings (SSSR count). The molecule has 0 aromatic heterocycles. The number of aliphatic carboxylic acids is 1. The summed E-state index contributed by atoms with van der Waals surface area (Å²) in [5.74, 6) is -0.455. The van der Waals surface area contributed by atoms with Crippen molar-refractivity contribution < 1.29 is 18.9 Å². The lowest BCUT2D eigenvalue weighted by atomic mass is 10.2. The van der Waals surface area contributed by atoms with E-state index in [1.54, 1.807) is 11.8 Å². The smallest absolute Gasteiger partial charge is 0.320 e. The van der Waals surface area contributed by atoms with Crippen LogP contribution < -0.4 is 0 Å². The van der Waals surface area contributed by atoms with Crippen LogP contribution in [0.25, 0.3) is 0 Å². The third kappa shape index (κ3) is 3.97. The van der Waals surface area contributed by atoms with Crippen molar-refractivity contribution in [3.63, 3.8) is 0 Å². The van der Waals surface area contributed by atoms with E-state index >= 15 is 0 Å². The summed E-state index contributed by atoms with van der Waals surface area (Å²) in [5.41, 5.74) is 0. The van der Waals surface area contributed by atoms with Gasteiger partial charge in [0.05, 0.1) is 5.92 Å². The molecule has 104 valence electrons. The van der Waals surface area contributed by atoms with E-state index in [0.29, 0.717) is 31.1 Å². The van der Waals surface area contributed by atoms with Gasteiger partial charge in [0.15, 0.2) is 0 Å². The molecular formula is C11H20N2O4S. The Morgan fingerprint density at radius 3 is 2.39 bits per heavy atom. The van der Waals surface area contributed by atoms with Gasteiger partial charge in [-0.05, 0) is 6.92 Å². The van der Waals surface area contributed by atoms with E-state index in [1.165, 1.54) is 4.90 Å². The van der Waals surface area contributed by atoms with Gasteiger partial charge in [0.1, 0.15) is 0 Å². The molecule has 0 aromatic carbocycles. The summed E-state index contributed by atoms with van der Waals surface area (Å²) >= 11 is 0. The van der Waals surface area contributed by atoms with E-state index in [4.69, 9.17) is 5.11 Å². The number of urea groups is 1. The predicted octanol–water partition coefficient (Wildman–Crippen LogP) is 0.213. The van der Waals surface area contributed by atoms with E-state index in [0.717, 1.165) is 0 Å². The molecule has 0 radical (unpaired) electrons. The summed E-state index contributed by atoms with van der Waals surface area (Å²) < 4.78 is 11.2. The largest absolute Gasteiger partial charge is 0.481 e. The predicted molar refractivity (Wildman–Crippen MR) is 68.9 cm³/mol. The Morgan fingerprint density at radius 2 is 1.94 bits per heavy atom. The first kappa shape index (κ1) is 14.9. The number of carboxylic acids is 1. The second kappa shape index (κ2) is 6.72. The van der Waals surface area contributed by atoms with Crippen molar-refractivity contribution in [3.8, 4) is 0 Å². The summed E-state index contributed by atoms with van der Waals surface area (Å²) in [6.07, 6.45) is 0. The minimum absolute atomic E-state index is 0.151. The maximum absolute atomic E-state index is 12.2. The molecule has 1 unspecified atom stereocenters. The summed E-state index contributed by atoms with van der Waals surface area (Å²) in [7, 11) is -0.817. The van der Waals surface area contributed by atoms with Gasteiger partial charge < -0.3 is 14.9 Å². The van der Waals surface area contributed by atoms with Crippen LogP contribution in [0.3, 0.4) is 0 Å². The highest BCUT2D eigenvalue weighted by Crippen LogP contribution is 2.08. The fourth-order valence-corrected chi connectivity index (χ4v) is 2.83. The molecule has 6 nitrogen and oxygen atoms in total. The number of amides is 2. The third-order valence-corrected chi connectivity index (χ3v) is 4.29. The van der Waals surface area contributed by atoms with Crippen LogP contribution in [0.2, 0.25) is 0 Å². The summed E-state index contributed by atoms with van der Waals surface area (Å²) in [6, 6.07) is -0.151. The Hall–Kier alpha value is -1.11. The second-order valence-electron chi connectivity index (χ2n) is 4.40. The highest BCUT2D eigenvalue weighted by atomic mass is 32.2. The summed E-state index contributed by atoms with van der Waals surface area (Å²) in [5, 5.41) is 8.86. The quantitative estimate of drug-likeness (QED) is 0.796. The molecule has 0 saturated carbocycles. The molecule has 1 saturated heterocycles. The van der Waals surface area contributed by atoms with Crippen molar-refractivity contribution in [3.05, 3.63) is 0 Å². The van der Waals surface area contributed by atoms with Crippen LogP contribution in [0.4, 0.5) is 4.79 Å². The molecule has 1 aliphatic rings. The Morgan fingerprint density at radius 1 is 1.39 bits per heavy atom. The zero-order valence-electron chi connectivity index (χ0n) is 10.8. The molecular weight excluding hydrogens is 256 g/mol. The lowest BCUT2D eigenvalue weighted by Gasteiger charge is -2.32. The Kier molecular flexibility index (Phi) is 5.58. The zero-order valence-corrected chi connectivity index (χ0v) is 11.6. The van der Waals surface area contributed by atoms with Gasteiger partial charge in [0.2, 0.25) is 0 Å². The van der Waals surface area contributed by atoms with Crippen molar-refractivity contribution >= 4 is 22.8 Å². The molecule has 0 bridgehead atoms. The zero-order chi connectivity index (χ0) is 13.7. The third-order valence-electron chi connectivity index (χ3n) is 3.02. The van der Waals surface area contributed by atoms with E-state index in [2.05, 4.69) is 0 Å². The van der Waals surface area contributed by atoms with Crippen LogP contribution in [0.1, 0.15) is 13.8 Å². The first-order chi connectivity index (χ1) is 8.45. The first-order valence-electron chi connectivity index (χ1n) is 6.07. The first-order valence-corrected chi connectivity index (χ1v) is 7.56. The van der Waals surface area contributed by atoms with Crippen LogP contribution >= 0.6 is 0 Å². The number of rotatable bonds is 4. The van der Waals surface area contributed by atoms with E-state index in [9.17, 15) is 13.8 Å². The van der Waals surface area contributed by atoms with Crippen LogP contribution in [-0.2, 0) is 15.6 Å². The molecule has 0 spiro atoms. The molecule has 1 aliphatic heterocycles. The van der Waals surface area contributed by atoms with E-state index in [-0.39, 0.29) is 12.6 Å². The normalized spacial score (nSPS) is 18.4. The average Bonchev–Trinajstić information content (AvgIpc) is 2.35. The van der Waals surface area contributed by atoms with E-state index in [1.807, 2.05) is 6.92 Å². The van der Waals surface area contributed by atoms with Gasteiger partial charge in [0, 0.05) is 48.5 Å². The van der Waals surface area contributed by atoms with Crippen LogP contribution in [0.15, 0.2) is 0 Å². The van der Waals surface area contributed by atoms with Crippen LogP contribution in [0.5, 0.6) is 0 Å². The number of hydrogen-bond donors (Lipinski definition) is 1. The second-order valence-corrected chi connectivity index (χ2v) is 6.09. The maximum atomic E-state index is 12.2. The Bertz CT molecular complexity index is 338. The van der Waals surface area contributed by atoms with Gasteiger partial charge in [-0.1, -0.05) is 6.92 Å². The number of carbonyl (C=O) groups is 2. The van der Waals surface area contributed by atoms with Crippen molar-refractivity contribution in [2.24, 2.45) is 5.92 Å². The van der Waals surface area contributed by atoms with Gasteiger partial charge in [-0.25, -0.2) is 4.79 Å². The number of carboxylic acid groups (broad SMARTS) is 1. The van der Waals surface area contributed by atoms with E-state index < -0.39 is 22.7 Å².